The number of aromatic nitrogens is 3. The van der Waals surface area contributed by atoms with Crippen LogP contribution in [0.25, 0.3) is 21.5 Å². The van der Waals surface area contributed by atoms with Crippen LogP contribution < -0.4 is 10.7 Å². The van der Waals surface area contributed by atoms with Gasteiger partial charge < -0.3 is 5.32 Å². The molecule has 0 saturated heterocycles. The first-order valence-corrected chi connectivity index (χ1v) is 8.02. The fourth-order valence-corrected chi connectivity index (χ4v) is 3.29. The average molecular weight is 372 g/mol. The van der Waals surface area contributed by atoms with Gasteiger partial charge in [-0.1, -0.05) is 11.3 Å². The minimum atomic E-state index is -4.72. The van der Waals surface area contributed by atoms with E-state index in [0.717, 1.165) is 7.05 Å². The van der Waals surface area contributed by atoms with Crippen LogP contribution in [-0.2, 0) is 13.2 Å². The molecule has 2 heterocycles. The van der Waals surface area contributed by atoms with Crippen LogP contribution in [-0.4, -0.2) is 21.3 Å². The molecule has 1 N–H and O–H groups in total. The van der Waals surface area contributed by atoms with E-state index in [-0.39, 0.29) is 5.56 Å². The van der Waals surface area contributed by atoms with Gasteiger partial charge in [-0.2, -0.15) is 18.3 Å². The molecule has 1 aromatic carbocycles. The summed E-state index contributed by atoms with van der Waals surface area (Å²) in [4.78, 5) is 16.3. The first-order valence-electron chi connectivity index (χ1n) is 7.20. The van der Waals surface area contributed by atoms with Crippen LogP contribution >= 0.6 is 11.3 Å². The zero-order chi connectivity index (χ0) is 18.4. The summed E-state index contributed by atoms with van der Waals surface area (Å²) < 4.78 is 54.0. The van der Waals surface area contributed by atoms with Crippen LogP contribution in [0.15, 0.2) is 23.0 Å². The van der Waals surface area contributed by atoms with E-state index in [0.29, 0.717) is 32.6 Å². The van der Waals surface area contributed by atoms with Crippen LogP contribution in [0.4, 0.5) is 22.7 Å². The van der Waals surface area contributed by atoms with Gasteiger partial charge in [0.05, 0.1) is 10.2 Å². The molecule has 3 rings (SSSR count). The topological polar surface area (TPSA) is 59.8 Å². The zero-order valence-electron chi connectivity index (χ0n) is 13.1. The van der Waals surface area contributed by atoms with E-state index in [9.17, 15) is 22.4 Å². The molecule has 0 bridgehead atoms. The highest BCUT2D eigenvalue weighted by molar-refractivity contribution is 7.22. The minimum absolute atomic E-state index is 0.185. The lowest BCUT2D eigenvalue weighted by Crippen LogP contribution is -2.22. The Morgan fingerprint density at radius 2 is 2.00 bits per heavy atom. The van der Waals surface area contributed by atoms with Gasteiger partial charge in [0.1, 0.15) is 17.2 Å². The molecule has 0 amide bonds. The molecule has 2 aromatic heterocycles. The number of aryl methyl sites for hydroxylation is 1. The third kappa shape index (κ3) is 3.21. The molecule has 0 unspecified atom stereocenters. The third-order valence-corrected chi connectivity index (χ3v) is 4.43. The summed E-state index contributed by atoms with van der Waals surface area (Å²) in [5.41, 5.74) is -2.36. The average Bonchev–Trinajstić information content (AvgIpc) is 2.89. The number of nitrogens with zero attached hydrogens (tertiary/aromatic N) is 3. The molecule has 0 radical (unpaired) electrons. The molecule has 0 spiro atoms. The van der Waals surface area contributed by atoms with Gasteiger partial charge >= 0.3 is 6.18 Å². The van der Waals surface area contributed by atoms with Crippen LogP contribution in [0.2, 0.25) is 0 Å². The lowest BCUT2D eigenvalue weighted by atomic mass is 10.1. The largest absolute Gasteiger partial charge is 0.433 e. The van der Waals surface area contributed by atoms with Gasteiger partial charge in [0, 0.05) is 25.2 Å². The number of nitrogens with one attached hydrogen (secondary N) is 1. The van der Waals surface area contributed by atoms with Crippen molar-refractivity contribution in [2.75, 3.05) is 11.9 Å². The van der Waals surface area contributed by atoms with E-state index in [1.54, 1.807) is 0 Å². The lowest BCUT2D eigenvalue weighted by molar-refractivity contribution is -0.144. The maximum absolute atomic E-state index is 14.4. The van der Waals surface area contributed by atoms with E-state index < -0.39 is 28.8 Å². The van der Waals surface area contributed by atoms with Crippen LogP contribution in [0.3, 0.4) is 0 Å². The van der Waals surface area contributed by atoms with Gasteiger partial charge in [0.15, 0.2) is 5.13 Å². The van der Waals surface area contributed by atoms with E-state index >= 15 is 0 Å². The van der Waals surface area contributed by atoms with E-state index in [2.05, 4.69) is 15.4 Å². The third-order valence-electron chi connectivity index (χ3n) is 3.45. The molecule has 5 nitrogen and oxygen atoms in total. The SMILES string of the molecule is CCNc1nc2cc(-c3nn(C)c(C(F)(F)F)cc3=O)c(F)cc2s1. The van der Waals surface area contributed by atoms with Crippen molar-refractivity contribution >= 4 is 26.7 Å². The summed E-state index contributed by atoms with van der Waals surface area (Å²) in [6.07, 6.45) is -4.72. The quantitative estimate of drug-likeness (QED) is 0.713. The van der Waals surface area contributed by atoms with Crippen LogP contribution in [0.1, 0.15) is 12.6 Å². The first-order chi connectivity index (χ1) is 11.7. The van der Waals surface area contributed by atoms with E-state index in [1.807, 2.05) is 6.92 Å². The Labute approximate surface area is 142 Å². The van der Waals surface area contributed by atoms with Crippen molar-refractivity contribution in [1.29, 1.82) is 0 Å². The van der Waals surface area contributed by atoms with Crippen molar-refractivity contribution in [3.8, 4) is 11.3 Å². The van der Waals surface area contributed by atoms with Crippen LogP contribution in [0.5, 0.6) is 0 Å². The number of rotatable bonds is 3. The number of alkyl halides is 3. The second-order valence-electron chi connectivity index (χ2n) is 5.21. The number of benzene rings is 1. The van der Waals surface area contributed by atoms with Crippen molar-refractivity contribution < 1.29 is 17.6 Å². The molecular formula is C15H12F4N4OS. The highest BCUT2D eigenvalue weighted by Gasteiger charge is 2.34. The van der Waals surface area contributed by atoms with Gasteiger partial charge in [0.2, 0.25) is 5.43 Å². The normalized spacial score (nSPS) is 11.9. The summed E-state index contributed by atoms with van der Waals surface area (Å²) in [6, 6.07) is 2.93. The Morgan fingerprint density at radius 3 is 2.64 bits per heavy atom. The summed E-state index contributed by atoms with van der Waals surface area (Å²) in [7, 11) is 1.05. The number of fused-ring (bicyclic) bond motifs is 1. The van der Waals surface area contributed by atoms with Gasteiger partial charge in [-0.3, -0.25) is 9.48 Å². The van der Waals surface area contributed by atoms with Gasteiger partial charge in [-0.05, 0) is 19.1 Å². The second-order valence-corrected chi connectivity index (χ2v) is 6.24. The molecular weight excluding hydrogens is 360 g/mol. The fourth-order valence-electron chi connectivity index (χ4n) is 2.35. The molecule has 0 fully saturated rings. The Kier molecular flexibility index (Phi) is 4.23. The summed E-state index contributed by atoms with van der Waals surface area (Å²) in [6.45, 7) is 2.52. The van der Waals surface area contributed by atoms with Crippen LogP contribution in [0, 0.1) is 5.82 Å². The predicted octanol–water partition coefficient (Wildman–Crippen LogP) is 3.65. The first kappa shape index (κ1) is 17.3. The minimum Gasteiger partial charge on any atom is -0.362 e. The van der Waals surface area contributed by atoms with Gasteiger partial charge in [-0.25, -0.2) is 9.37 Å². The van der Waals surface area contributed by atoms with E-state index in [4.69, 9.17) is 0 Å². The molecule has 0 aliphatic heterocycles. The fraction of sp³-hybridized carbons (Fsp3) is 0.267. The summed E-state index contributed by atoms with van der Waals surface area (Å²) in [5.74, 6) is -0.747. The van der Waals surface area contributed by atoms with Crippen molar-refractivity contribution in [1.82, 2.24) is 14.8 Å². The monoisotopic (exact) mass is 372 g/mol. The molecule has 0 atom stereocenters. The number of anilines is 1. The lowest BCUT2D eigenvalue weighted by Gasteiger charge is -2.12. The molecule has 0 aliphatic carbocycles. The molecule has 132 valence electrons. The zero-order valence-corrected chi connectivity index (χ0v) is 13.9. The highest BCUT2D eigenvalue weighted by atomic mass is 32.1. The van der Waals surface area contributed by atoms with Crippen molar-refractivity contribution in [3.63, 3.8) is 0 Å². The Balaban J connectivity index is 2.17. The highest BCUT2D eigenvalue weighted by Crippen LogP contribution is 2.32. The molecule has 3 aromatic rings. The Morgan fingerprint density at radius 1 is 1.28 bits per heavy atom. The van der Waals surface area contributed by atoms with Crippen molar-refractivity contribution in [2.45, 2.75) is 13.1 Å². The number of halogens is 4. The smallest absolute Gasteiger partial charge is 0.362 e. The molecule has 0 aliphatic rings. The number of thiazole rings is 1. The Hall–Kier alpha value is -2.49. The molecule has 25 heavy (non-hydrogen) atoms. The summed E-state index contributed by atoms with van der Waals surface area (Å²) in [5, 5.41) is 7.21. The molecule has 10 heteroatoms. The van der Waals surface area contributed by atoms with Crippen molar-refractivity contribution in [3.05, 3.63) is 39.9 Å². The maximum Gasteiger partial charge on any atom is 0.433 e. The maximum atomic E-state index is 14.4. The van der Waals surface area contributed by atoms with Gasteiger partial charge in [-0.15, -0.1) is 0 Å². The molecule has 0 saturated carbocycles. The standard InChI is InChI=1S/C15H12F4N4OS/c1-3-20-14-21-9-4-7(8(16)5-11(9)25-14)13-10(24)6-12(15(17,18)19)23(2)22-13/h4-6H,3H2,1-2H3,(H,20,21). The number of hydrogen-bond acceptors (Lipinski definition) is 5. The second kappa shape index (κ2) is 6.10. The summed E-state index contributed by atoms with van der Waals surface area (Å²) >= 11 is 1.24. The number of hydrogen-bond donors (Lipinski definition) is 1. The van der Waals surface area contributed by atoms with Crippen molar-refractivity contribution in [2.24, 2.45) is 7.05 Å². The van der Waals surface area contributed by atoms with Gasteiger partial charge in [0.25, 0.3) is 0 Å². The van der Waals surface area contributed by atoms with E-state index in [1.165, 1.54) is 23.5 Å². The predicted molar refractivity (Wildman–Crippen MR) is 87.2 cm³/mol. The Bertz CT molecular complexity index is 1010.